The normalized spacial score (nSPS) is 10.9. The lowest BCUT2D eigenvalue weighted by molar-refractivity contribution is -0.131. The number of thiophene rings is 1. The van der Waals surface area contributed by atoms with Gasteiger partial charge in [-0.05, 0) is 29.7 Å². The predicted molar refractivity (Wildman–Crippen MR) is 58.7 cm³/mol. The third-order valence-corrected chi connectivity index (χ3v) is 2.67. The molecule has 0 aromatic carbocycles. The molecule has 0 aliphatic rings. The molecule has 2 aromatic heterocycles. The molecule has 15 heavy (non-hydrogen) atoms. The molecular weight excluding hydrogens is 212 g/mol. The molecule has 0 fully saturated rings. The van der Waals surface area contributed by atoms with E-state index in [-0.39, 0.29) is 0 Å². The summed E-state index contributed by atoms with van der Waals surface area (Å²) >= 11 is 1.58. The molecule has 1 N–H and O–H groups in total. The lowest BCUT2D eigenvalue weighted by Crippen LogP contribution is -1.84. The van der Waals surface area contributed by atoms with Crippen molar-refractivity contribution in [3.05, 3.63) is 41.5 Å². The SMILES string of the molecule is O=C(O)/C=C\c1ccc(-c2cccs2)o1. The summed E-state index contributed by atoms with van der Waals surface area (Å²) in [7, 11) is 0. The highest BCUT2D eigenvalue weighted by Crippen LogP contribution is 2.26. The molecule has 2 aromatic rings. The van der Waals surface area contributed by atoms with Crippen LogP contribution >= 0.6 is 11.3 Å². The molecule has 0 aliphatic carbocycles. The molecule has 0 amide bonds. The minimum atomic E-state index is -0.982. The van der Waals surface area contributed by atoms with Gasteiger partial charge in [0.15, 0.2) is 0 Å². The average Bonchev–Trinajstić information content (AvgIpc) is 2.85. The largest absolute Gasteiger partial charge is 0.478 e. The van der Waals surface area contributed by atoms with E-state index in [2.05, 4.69) is 0 Å². The van der Waals surface area contributed by atoms with E-state index >= 15 is 0 Å². The zero-order chi connectivity index (χ0) is 10.7. The average molecular weight is 220 g/mol. The van der Waals surface area contributed by atoms with Crippen molar-refractivity contribution >= 4 is 23.4 Å². The smallest absolute Gasteiger partial charge is 0.328 e. The number of hydrogen-bond donors (Lipinski definition) is 1. The monoisotopic (exact) mass is 220 g/mol. The maximum absolute atomic E-state index is 10.3. The first-order valence-corrected chi connectivity index (χ1v) is 5.18. The van der Waals surface area contributed by atoms with Crippen molar-refractivity contribution in [2.45, 2.75) is 0 Å². The van der Waals surface area contributed by atoms with Gasteiger partial charge < -0.3 is 9.52 Å². The molecule has 0 radical (unpaired) electrons. The Hall–Kier alpha value is -1.81. The van der Waals surface area contributed by atoms with Gasteiger partial charge in [-0.3, -0.25) is 0 Å². The van der Waals surface area contributed by atoms with Crippen LogP contribution in [-0.4, -0.2) is 11.1 Å². The molecule has 0 aliphatic heterocycles. The summed E-state index contributed by atoms with van der Waals surface area (Å²) in [5.74, 6) is 0.319. The van der Waals surface area contributed by atoms with Crippen LogP contribution in [0.2, 0.25) is 0 Å². The predicted octanol–water partition coefficient (Wildman–Crippen LogP) is 3.11. The molecule has 0 saturated heterocycles. The van der Waals surface area contributed by atoms with Gasteiger partial charge in [0.2, 0.25) is 0 Å². The zero-order valence-electron chi connectivity index (χ0n) is 7.71. The van der Waals surface area contributed by atoms with Crippen LogP contribution in [-0.2, 0) is 4.79 Å². The van der Waals surface area contributed by atoms with E-state index in [0.29, 0.717) is 5.76 Å². The van der Waals surface area contributed by atoms with Crippen molar-refractivity contribution in [1.29, 1.82) is 0 Å². The van der Waals surface area contributed by atoms with Gasteiger partial charge in [-0.2, -0.15) is 0 Å². The molecule has 0 unspecified atom stereocenters. The molecular formula is C11H8O3S. The molecule has 0 bridgehead atoms. The number of carbonyl (C=O) groups is 1. The van der Waals surface area contributed by atoms with Crippen LogP contribution in [0.15, 0.2) is 40.1 Å². The second-order valence-electron chi connectivity index (χ2n) is 2.85. The van der Waals surface area contributed by atoms with Gasteiger partial charge in [-0.1, -0.05) is 6.07 Å². The highest BCUT2D eigenvalue weighted by atomic mass is 32.1. The summed E-state index contributed by atoms with van der Waals surface area (Å²) < 4.78 is 5.44. The Morgan fingerprint density at radius 2 is 2.27 bits per heavy atom. The molecule has 2 rings (SSSR count). The second-order valence-corrected chi connectivity index (χ2v) is 3.80. The summed E-state index contributed by atoms with van der Waals surface area (Å²) in [5.41, 5.74) is 0. The van der Waals surface area contributed by atoms with Crippen LogP contribution in [0.25, 0.3) is 16.7 Å². The van der Waals surface area contributed by atoms with Gasteiger partial charge in [-0.15, -0.1) is 11.3 Å². The summed E-state index contributed by atoms with van der Waals surface area (Å²) in [4.78, 5) is 11.3. The number of furan rings is 1. The summed E-state index contributed by atoms with van der Waals surface area (Å²) in [6, 6.07) is 7.46. The number of aliphatic carboxylic acids is 1. The highest BCUT2D eigenvalue weighted by molar-refractivity contribution is 7.13. The van der Waals surface area contributed by atoms with Crippen LogP contribution in [0.5, 0.6) is 0 Å². The zero-order valence-corrected chi connectivity index (χ0v) is 8.53. The van der Waals surface area contributed by atoms with Gasteiger partial charge in [0.05, 0.1) is 4.88 Å². The first-order valence-electron chi connectivity index (χ1n) is 4.30. The number of hydrogen-bond acceptors (Lipinski definition) is 3. The maximum Gasteiger partial charge on any atom is 0.328 e. The third-order valence-electron chi connectivity index (χ3n) is 1.78. The van der Waals surface area contributed by atoms with Gasteiger partial charge in [0, 0.05) is 6.08 Å². The third kappa shape index (κ3) is 2.35. The van der Waals surface area contributed by atoms with E-state index in [0.717, 1.165) is 16.7 Å². The number of rotatable bonds is 3. The topological polar surface area (TPSA) is 50.4 Å². The van der Waals surface area contributed by atoms with E-state index in [1.807, 2.05) is 23.6 Å². The van der Waals surface area contributed by atoms with Gasteiger partial charge in [0.25, 0.3) is 0 Å². The van der Waals surface area contributed by atoms with E-state index in [1.54, 1.807) is 17.4 Å². The molecule has 4 heteroatoms. The van der Waals surface area contributed by atoms with Crippen LogP contribution in [0, 0.1) is 0 Å². The Morgan fingerprint density at radius 1 is 1.40 bits per heavy atom. The standard InChI is InChI=1S/C11H8O3S/c12-11(13)6-4-8-3-5-9(14-8)10-2-1-7-15-10/h1-7H,(H,12,13)/b6-4-. The lowest BCUT2D eigenvalue weighted by Gasteiger charge is -1.88. The quantitative estimate of drug-likeness (QED) is 0.808. The Balaban J connectivity index is 2.21. The van der Waals surface area contributed by atoms with Crippen LogP contribution < -0.4 is 0 Å². The minimum absolute atomic E-state index is 0.542. The first-order chi connectivity index (χ1) is 7.25. The van der Waals surface area contributed by atoms with E-state index in [1.165, 1.54) is 6.08 Å². The molecule has 2 heterocycles. The number of carboxylic acids is 1. The first kappa shape index (κ1) is 9.73. The maximum atomic E-state index is 10.3. The van der Waals surface area contributed by atoms with E-state index in [9.17, 15) is 4.79 Å². The van der Waals surface area contributed by atoms with Gasteiger partial charge >= 0.3 is 5.97 Å². The van der Waals surface area contributed by atoms with Crippen molar-refractivity contribution in [2.24, 2.45) is 0 Å². The molecule has 0 atom stereocenters. The Kier molecular flexibility index (Phi) is 2.69. The Bertz CT molecular complexity index is 480. The van der Waals surface area contributed by atoms with Gasteiger partial charge in [-0.25, -0.2) is 4.79 Å². The molecule has 0 saturated carbocycles. The fraction of sp³-hybridized carbons (Fsp3) is 0. The summed E-state index contributed by atoms with van der Waals surface area (Å²) in [5, 5.41) is 10.4. The van der Waals surface area contributed by atoms with Gasteiger partial charge in [0.1, 0.15) is 11.5 Å². The molecule has 0 spiro atoms. The molecule has 76 valence electrons. The molecule has 3 nitrogen and oxygen atoms in total. The van der Waals surface area contributed by atoms with Crippen molar-refractivity contribution in [2.75, 3.05) is 0 Å². The van der Waals surface area contributed by atoms with Crippen molar-refractivity contribution in [3.63, 3.8) is 0 Å². The van der Waals surface area contributed by atoms with Crippen molar-refractivity contribution in [1.82, 2.24) is 0 Å². The summed E-state index contributed by atoms with van der Waals surface area (Å²) in [6.45, 7) is 0. The second kappa shape index (κ2) is 4.14. The fourth-order valence-corrected chi connectivity index (χ4v) is 1.83. The van der Waals surface area contributed by atoms with Crippen molar-refractivity contribution < 1.29 is 14.3 Å². The fourth-order valence-electron chi connectivity index (χ4n) is 1.15. The van der Waals surface area contributed by atoms with Crippen molar-refractivity contribution in [3.8, 4) is 10.6 Å². The van der Waals surface area contributed by atoms with E-state index < -0.39 is 5.97 Å². The van der Waals surface area contributed by atoms with Crippen LogP contribution in [0.4, 0.5) is 0 Å². The Labute approximate surface area is 90.3 Å². The van der Waals surface area contributed by atoms with Crippen LogP contribution in [0.3, 0.4) is 0 Å². The minimum Gasteiger partial charge on any atom is -0.478 e. The summed E-state index contributed by atoms with van der Waals surface area (Å²) in [6.07, 6.45) is 2.48. The lowest BCUT2D eigenvalue weighted by atomic mass is 10.3. The van der Waals surface area contributed by atoms with E-state index in [4.69, 9.17) is 9.52 Å². The van der Waals surface area contributed by atoms with Crippen LogP contribution in [0.1, 0.15) is 5.76 Å². The highest BCUT2D eigenvalue weighted by Gasteiger charge is 2.03. The number of carboxylic acid groups (broad SMARTS) is 1. The Morgan fingerprint density at radius 3 is 2.93 bits per heavy atom.